The summed E-state index contributed by atoms with van der Waals surface area (Å²) in [7, 11) is -4.74. The number of carbonyl (C=O) groups excluding carboxylic acids is 2. The smallest absolute Gasteiger partial charge is 0.427 e. The lowest BCUT2D eigenvalue weighted by Crippen LogP contribution is -2.24. The molecule has 5 N–H and O–H groups in total. The van der Waals surface area contributed by atoms with Crippen molar-refractivity contribution in [3.8, 4) is 5.75 Å². The normalized spacial score (nSPS) is 16.4. The first-order valence-electron chi connectivity index (χ1n) is 7.40. The summed E-state index contributed by atoms with van der Waals surface area (Å²) in [5.74, 6) is -1.93. The molecule has 1 aliphatic carbocycles. The van der Waals surface area contributed by atoms with E-state index in [1.54, 1.807) is 19.1 Å². The van der Waals surface area contributed by atoms with Crippen LogP contribution in [0.2, 0.25) is 0 Å². The van der Waals surface area contributed by atoms with Crippen LogP contribution in [0.3, 0.4) is 0 Å². The molecule has 0 aromatic heterocycles. The SMILES string of the molecule is CC(CC(=O)C1=C(NP(=O)(O)O)CC(=O)C=C1O)c1ccc(O)cc1. The summed E-state index contributed by atoms with van der Waals surface area (Å²) in [6.07, 6.45) is 0.395. The van der Waals surface area contributed by atoms with Gasteiger partial charge in [-0.25, -0.2) is 4.57 Å². The maximum absolute atomic E-state index is 12.5. The molecule has 9 heteroatoms. The maximum Gasteiger partial charge on any atom is 0.427 e. The molecule has 0 aliphatic heterocycles. The van der Waals surface area contributed by atoms with Gasteiger partial charge in [0, 0.05) is 18.2 Å². The zero-order valence-electron chi connectivity index (χ0n) is 13.3. The van der Waals surface area contributed by atoms with Gasteiger partial charge >= 0.3 is 7.75 Å². The van der Waals surface area contributed by atoms with Gasteiger partial charge in [-0.05, 0) is 23.6 Å². The lowest BCUT2D eigenvalue weighted by molar-refractivity contribution is -0.116. The van der Waals surface area contributed by atoms with Crippen LogP contribution in [0.1, 0.15) is 31.2 Å². The lowest BCUT2D eigenvalue weighted by atomic mass is 9.89. The first-order valence-corrected chi connectivity index (χ1v) is 9.01. The number of aromatic hydroxyl groups is 1. The Labute approximate surface area is 143 Å². The number of phenols is 1. The Balaban J connectivity index is 2.28. The molecule has 0 heterocycles. The predicted molar refractivity (Wildman–Crippen MR) is 88.7 cm³/mol. The average molecular weight is 367 g/mol. The van der Waals surface area contributed by atoms with Crippen molar-refractivity contribution in [3.05, 3.63) is 52.9 Å². The van der Waals surface area contributed by atoms with Gasteiger partial charge < -0.3 is 20.0 Å². The number of Topliss-reactive ketones (excluding diaryl/α,β-unsaturated/α-hetero) is 1. The monoisotopic (exact) mass is 367 g/mol. The zero-order chi connectivity index (χ0) is 18.8. The van der Waals surface area contributed by atoms with Gasteiger partial charge in [0.1, 0.15) is 11.5 Å². The molecule has 0 fully saturated rings. The Bertz CT molecular complexity index is 804. The van der Waals surface area contributed by atoms with Gasteiger partial charge in [-0.3, -0.25) is 14.7 Å². The number of allylic oxidation sites excluding steroid dienone is 3. The molecule has 134 valence electrons. The quantitative estimate of drug-likeness (QED) is 0.479. The van der Waals surface area contributed by atoms with Crippen molar-refractivity contribution in [1.82, 2.24) is 5.09 Å². The number of nitrogens with one attached hydrogen (secondary N) is 1. The van der Waals surface area contributed by atoms with E-state index in [1.807, 2.05) is 5.09 Å². The average Bonchev–Trinajstić information content (AvgIpc) is 2.45. The van der Waals surface area contributed by atoms with Crippen molar-refractivity contribution in [3.63, 3.8) is 0 Å². The molecule has 1 unspecified atom stereocenters. The van der Waals surface area contributed by atoms with Crippen LogP contribution < -0.4 is 5.09 Å². The second kappa shape index (κ2) is 7.23. The Morgan fingerprint density at radius 2 is 1.84 bits per heavy atom. The summed E-state index contributed by atoms with van der Waals surface area (Å²) < 4.78 is 11.2. The van der Waals surface area contributed by atoms with E-state index < -0.39 is 31.5 Å². The van der Waals surface area contributed by atoms with Gasteiger partial charge in [-0.2, -0.15) is 0 Å². The van der Waals surface area contributed by atoms with Crippen molar-refractivity contribution in [2.24, 2.45) is 0 Å². The number of phenolic OH excluding ortho intramolecular Hbond substituents is 1. The first kappa shape index (κ1) is 18.9. The molecule has 0 saturated heterocycles. The lowest BCUT2D eigenvalue weighted by Gasteiger charge is -2.20. The van der Waals surface area contributed by atoms with E-state index in [1.165, 1.54) is 12.1 Å². The predicted octanol–water partition coefficient (Wildman–Crippen LogP) is 1.81. The highest BCUT2D eigenvalue weighted by Crippen LogP contribution is 2.35. The molecule has 8 nitrogen and oxygen atoms in total. The van der Waals surface area contributed by atoms with Crippen LogP contribution in [0.5, 0.6) is 5.75 Å². The highest BCUT2D eigenvalue weighted by Gasteiger charge is 2.29. The second-order valence-electron chi connectivity index (χ2n) is 5.80. The van der Waals surface area contributed by atoms with Crippen molar-refractivity contribution < 1.29 is 34.2 Å². The van der Waals surface area contributed by atoms with Crippen LogP contribution in [0.25, 0.3) is 0 Å². The molecule has 0 amide bonds. The van der Waals surface area contributed by atoms with E-state index in [2.05, 4.69) is 0 Å². The fourth-order valence-corrected chi connectivity index (χ4v) is 3.12. The molecule has 1 aromatic carbocycles. The highest BCUT2D eigenvalue weighted by molar-refractivity contribution is 7.49. The topological polar surface area (TPSA) is 144 Å². The third kappa shape index (κ3) is 5.03. The van der Waals surface area contributed by atoms with E-state index in [0.717, 1.165) is 11.6 Å². The summed E-state index contributed by atoms with van der Waals surface area (Å²) in [5, 5.41) is 21.1. The minimum absolute atomic E-state index is 0.0570. The maximum atomic E-state index is 12.5. The van der Waals surface area contributed by atoms with Crippen LogP contribution in [0, 0.1) is 0 Å². The summed E-state index contributed by atoms with van der Waals surface area (Å²) in [5.41, 5.74) is 0.182. The number of ketones is 2. The van der Waals surface area contributed by atoms with Gasteiger partial charge in [-0.1, -0.05) is 19.1 Å². The van der Waals surface area contributed by atoms with Crippen LogP contribution in [-0.4, -0.2) is 31.6 Å². The van der Waals surface area contributed by atoms with Crippen molar-refractivity contribution in [1.29, 1.82) is 0 Å². The number of hydrogen-bond donors (Lipinski definition) is 5. The number of aliphatic hydroxyl groups is 1. The molecule has 0 saturated carbocycles. The molecule has 0 spiro atoms. The Morgan fingerprint density at radius 1 is 1.24 bits per heavy atom. The van der Waals surface area contributed by atoms with Crippen molar-refractivity contribution in [2.75, 3.05) is 0 Å². The molecular weight excluding hydrogens is 349 g/mol. The molecule has 2 rings (SSSR count). The van der Waals surface area contributed by atoms with Gasteiger partial charge in [0.15, 0.2) is 11.6 Å². The zero-order valence-corrected chi connectivity index (χ0v) is 14.2. The fourth-order valence-electron chi connectivity index (χ4n) is 2.58. The number of rotatable bonds is 6. The van der Waals surface area contributed by atoms with Gasteiger partial charge in [0.2, 0.25) is 0 Å². The van der Waals surface area contributed by atoms with Crippen molar-refractivity contribution >= 4 is 19.3 Å². The minimum atomic E-state index is -4.74. The Morgan fingerprint density at radius 3 is 2.40 bits per heavy atom. The summed E-state index contributed by atoms with van der Waals surface area (Å²) in [4.78, 5) is 42.2. The molecule has 1 aliphatic rings. The molecule has 0 bridgehead atoms. The molecule has 0 radical (unpaired) electrons. The number of aliphatic hydroxyl groups excluding tert-OH is 1. The second-order valence-corrected chi connectivity index (χ2v) is 7.11. The molecular formula is C16H18NO7P. The Kier molecular flexibility index (Phi) is 5.47. The third-order valence-corrected chi connectivity index (χ3v) is 4.28. The molecule has 25 heavy (non-hydrogen) atoms. The van der Waals surface area contributed by atoms with Gasteiger partial charge in [0.05, 0.1) is 12.0 Å². The van der Waals surface area contributed by atoms with E-state index >= 15 is 0 Å². The highest BCUT2D eigenvalue weighted by atomic mass is 31.2. The minimum Gasteiger partial charge on any atom is -0.508 e. The Hall–Kier alpha value is -2.41. The van der Waals surface area contributed by atoms with Gasteiger partial charge in [0.25, 0.3) is 0 Å². The number of benzene rings is 1. The largest absolute Gasteiger partial charge is 0.508 e. The van der Waals surface area contributed by atoms with Gasteiger partial charge in [-0.15, -0.1) is 0 Å². The first-order chi connectivity index (χ1) is 11.6. The summed E-state index contributed by atoms with van der Waals surface area (Å²) in [6, 6.07) is 6.26. The van der Waals surface area contributed by atoms with E-state index in [9.17, 15) is 24.4 Å². The summed E-state index contributed by atoms with van der Waals surface area (Å²) in [6.45, 7) is 1.76. The van der Waals surface area contributed by atoms with Crippen LogP contribution >= 0.6 is 7.75 Å². The fraction of sp³-hybridized carbons (Fsp3) is 0.250. The van der Waals surface area contributed by atoms with E-state index in [0.29, 0.717) is 0 Å². The van der Waals surface area contributed by atoms with Crippen LogP contribution in [0.15, 0.2) is 47.4 Å². The van der Waals surface area contributed by atoms with Crippen LogP contribution in [0.4, 0.5) is 0 Å². The number of hydrogen-bond acceptors (Lipinski definition) is 5. The summed E-state index contributed by atoms with van der Waals surface area (Å²) >= 11 is 0. The van der Waals surface area contributed by atoms with Crippen molar-refractivity contribution in [2.45, 2.75) is 25.7 Å². The van der Waals surface area contributed by atoms with E-state index in [-0.39, 0.29) is 29.4 Å². The standard InChI is InChI=1S/C16H18NO7P/c1-9(10-2-4-11(18)5-3-10)6-14(20)16-13(17-25(22,23)24)7-12(19)8-15(16)21/h2-5,8-9,18,21H,6-7H2,1H3,(H3,17,22,23,24). The van der Waals surface area contributed by atoms with E-state index in [4.69, 9.17) is 9.79 Å². The molecule has 1 aromatic rings. The van der Waals surface area contributed by atoms with Crippen LogP contribution in [-0.2, 0) is 14.2 Å². The molecule has 1 atom stereocenters. The number of carbonyl (C=O) groups is 2. The third-order valence-electron chi connectivity index (χ3n) is 3.72.